The molecule has 0 aromatic carbocycles. The molecule has 0 N–H and O–H groups in total. The summed E-state index contributed by atoms with van der Waals surface area (Å²) in [6, 6.07) is 14.2. The number of rotatable bonds is 7. The maximum absolute atomic E-state index is 9.61. The average molecular weight is 496 g/mol. The van der Waals surface area contributed by atoms with E-state index >= 15 is 0 Å². The summed E-state index contributed by atoms with van der Waals surface area (Å²) in [5, 5.41) is 14.0. The fraction of sp³-hybridized carbons (Fsp3) is 0.357. The van der Waals surface area contributed by atoms with Gasteiger partial charge in [0.05, 0.1) is 17.3 Å². The zero-order chi connectivity index (χ0) is 24.6. The van der Waals surface area contributed by atoms with E-state index in [4.69, 9.17) is 4.98 Å². The van der Waals surface area contributed by atoms with E-state index in [1.54, 1.807) is 18.0 Å². The number of thioether (sulfide) groups is 1. The lowest BCUT2D eigenvalue weighted by Gasteiger charge is -2.56. The number of hydrogen-bond donors (Lipinski definition) is 0. The van der Waals surface area contributed by atoms with Gasteiger partial charge in [-0.2, -0.15) is 10.4 Å². The van der Waals surface area contributed by atoms with Crippen molar-refractivity contribution in [2.24, 2.45) is 0 Å². The molecule has 0 amide bonds. The zero-order valence-corrected chi connectivity index (χ0v) is 21.4. The Morgan fingerprint density at radius 3 is 2.58 bits per heavy atom. The predicted molar refractivity (Wildman–Crippen MR) is 143 cm³/mol. The molecule has 3 aliphatic rings. The second-order valence-electron chi connectivity index (χ2n) is 9.52. The normalized spacial score (nSPS) is 19.3. The highest BCUT2D eigenvalue weighted by atomic mass is 32.2. The lowest BCUT2D eigenvalue weighted by Crippen LogP contribution is -2.68. The molecular weight excluding hydrogens is 466 g/mol. The first-order valence-corrected chi connectivity index (χ1v) is 13.6. The van der Waals surface area contributed by atoms with Gasteiger partial charge in [-0.05, 0) is 48.4 Å². The minimum atomic E-state index is 0.559. The molecule has 7 nitrogen and oxygen atoms in total. The van der Waals surface area contributed by atoms with Crippen LogP contribution in [0, 0.1) is 11.3 Å². The van der Waals surface area contributed by atoms with Crippen LogP contribution in [0.1, 0.15) is 37.1 Å². The summed E-state index contributed by atoms with van der Waals surface area (Å²) >= 11 is 1.77. The fourth-order valence-corrected chi connectivity index (χ4v) is 6.19. The van der Waals surface area contributed by atoms with E-state index in [2.05, 4.69) is 70.1 Å². The molecule has 0 aliphatic carbocycles. The van der Waals surface area contributed by atoms with E-state index in [1.807, 2.05) is 23.1 Å². The summed E-state index contributed by atoms with van der Waals surface area (Å²) in [6.45, 7) is 7.25. The highest BCUT2D eigenvalue weighted by molar-refractivity contribution is 7.99. The molecule has 36 heavy (non-hydrogen) atoms. The first kappa shape index (κ1) is 23.0. The first-order valence-electron chi connectivity index (χ1n) is 12.6. The zero-order valence-electron chi connectivity index (χ0n) is 20.6. The van der Waals surface area contributed by atoms with Crippen molar-refractivity contribution in [3.63, 3.8) is 0 Å². The van der Waals surface area contributed by atoms with Crippen LogP contribution in [0.2, 0.25) is 0 Å². The monoisotopic (exact) mass is 495 g/mol. The highest BCUT2D eigenvalue weighted by Crippen LogP contribution is 2.36. The van der Waals surface area contributed by atoms with Gasteiger partial charge in [-0.3, -0.25) is 9.88 Å². The molecule has 7 heterocycles. The van der Waals surface area contributed by atoms with Crippen LogP contribution >= 0.6 is 11.8 Å². The molecule has 3 saturated heterocycles. The molecule has 2 atom stereocenters. The van der Waals surface area contributed by atoms with Crippen molar-refractivity contribution in [1.82, 2.24) is 24.5 Å². The van der Waals surface area contributed by atoms with Gasteiger partial charge in [0.1, 0.15) is 11.9 Å². The van der Waals surface area contributed by atoms with E-state index < -0.39 is 0 Å². The summed E-state index contributed by atoms with van der Waals surface area (Å²) in [5.41, 5.74) is 5.87. The molecule has 8 heteroatoms. The molecule has 182 valence electrons. The van der Waals surface area contributed by atoms with Crippen LogP contribution in [0.4, 0.5) is 5.82 Å². The molecule has 4 aromatic rings. The van der Waals surface area contributed by atoms with E-state index in [-0.39, 0.29) is 0 Å². The number of aromatic nitrogens is 4. The van der Waals surface area contributed by atoms with Crippen molar-refractivity contribution < 1.29 is 0 Å². The van der Waals surface area contributed by atoms with Gasteiger partial charge >= 0.3 is 0 Å². The standard InChI is InChI=1S/C28H29N7S/c1-3-22-7-5-19(12-30-22)15-34-23-9-24(34)17-33(16-23)27-8-6-20(13-31-27)26-10-25(36-4-2)18-35-28(26)21(11-29)14-32-35/h5-8,10,12-14,18,23-24H,3-4,9,15-17H2,1-2H3. The third-order valence-corrected chi connectivity index (χ3v) is 8.20. The quantitative estimate of drug-likeness (QED) is 0.341. The Morgan fingerprint density at radius 2 is 1.92 bits per heavy atom. The minimum absolute atomic E-state index is 0.559. The number of nitriles is 1. The van der Waals surface area contributed by atoms with Crippen molar-refractivity contribution in [1.29, 1.82) is 5.26 Å². The van der Waals surface area contributed by atoms with Crippen LogP contribution in [0.3, 0.4) is 0 Å². The molecule has 0 saturated carbocycles. The summed E-state index contributed by atoms with van der Waals surface area (Å²) in [5.74, 6) is 2.00. The van der Waals surface area contributed by atoms with Crippen LogP contribution in [0.5, 0.6) is 0 Å². The predicted octanol–water partition coefficient (Wildman–Crippen LogP) is 4.80. The molecule has 3 aliphatic heterocycles. The van der Waals surface area contributed by atoms with Gasteiger partial charge in [0.2, 0.25) is 0 Å². The second-order valence-corrected chi connectivity index (χ2v) is 10.9. The third kappa shape index (κ3) is 4.12. The summed E-state index contributed by atoms with van der Waals surface area (Å²) in [6.07, 6.45) is 9.85. The van der Waals surface area contributed by atoms with Gasteiger partial charge in [-0.1, -0.05) is 19.9 Å². The topological polar surface area (TPSA) is 73.3 Å². The van der Waals surface area contributed by atoms with Gasteiger partial charge in [-0.15, -0.1) is 11.8 Å². The Bertz CT molecular complexity index is 1410. The summed E-state index contributed by atoms with van der Waals surface area (Å²) in [4.78, 5) is 15.6. The Labute approximate surface area is 215 Å². The van der Waals surface area contributed by atoms with Gasteiger partial charge in [0.15, 0.2) is 0 Å². The fourth-order valence-electron chi connectivity index (χ4n) is 5.48. The second kappa shape index (κ2) is 9.57. The molecule has 7 rings (SSSR count). The maximum Gasteiger partial charge on any atom is 0.128 e. The van der Waals surface area contributed by atoms with Crippen LogP contribution < -0.4 is 4.90 Å². The smallest absolute Gasteiger partial charge is 0.128 e. The number of anilines is 1. The van der Waals surface area contributed by atoms with E-state index in [1.165, 1.54) is 12.0 Å². The number of piperazine rings is 1. The largest absolute Gasteiger partial charge is 0.353 e. The molecule has 4 aromatic heterocycles. The molecule has 0 spiro atoms. The van der Waals surface area contributed by atoms with Crippen molar-refractivity contribution in [2.75, 3.05) is 23.7 Å². The number of aryl methyl sites for hydroxylation is 1. The van der Waals surface area contributed by atoms with E-state index in [9.17, 15) is 5.26 Å². The minimum Gasteiger partial charge on any atom is -0.353 e. The Morgan fingerprint density at radius 1 is 1.06 bits per heavy atom. The van der Waals surface area contributed by atoms with Crippen molar-refractivity contribution in [3.8, 4) is 17.2 Å². The lowest BCUT2D eigenvalue weighted by molar-refractivity contribution is -0.00875. The summed E-state index contributed by atoms with van der Waals surface area (Å²) < 4.78 is 1.82. The van der Waals surface area contributed by atoms with E-state index in [0.717, 1.165) is 64.9 Å². The molecule has 3 fully saturated rings. The van der Waals surface area contributed by atoms with Crippen molar-refractivity contribution in [2.45, 2.75) is 50.2 Å². The molecule has 0 radical (unpaired) electrons. The first-order chi connectivity index (χ1) is 17.7. The van der Waals surface area contributed by atoms with Gasteiger partial charge in [0, 0.05) is 72.0 Å². The van der Waals surface area contributed by atoms with Crippen LogP contribution in [-0.2, 0) is 13.0 Å². The van der Waals surface area contributed by atoms with Crippen LogP contribution in [0.25, 0.3) is 16.6 Å². The average Bonchev–Trinajstić information content (AvgIpc) is 3.35. The van der Waals surface area contributed by atoms with E-state index in [0.29, 0.717) is 17.6 Å². The number of pyridine rings is 3. The number of hydrogen-bond acceptors (Lipinski definition) is 7. The molecule has 2 bridgehead atoms. The number of piperidine rings is 1. The summed E-state index contributed by atoms with van der Waals surface area (Å²) in [7, 11) is 0. The number of nitrogens with zero attached hydrogens (tertiary/aromatic N) is 7. The SMILES string of the molecule is CCSc1cc(-c2ccc(N3CC4CC(C3)N4Cc3ccc(CC)nc3)nc2)c2c(C#N)cnn2c1. The van der Waals surface area contributed by atoms with Gasteiger partial charge in [-0.25, -0.2) is 9.50 Å². The van der Waals surface area contributed by atoms with Crippen molar-refractivity contribution >= 4 is 23.1 Å². The third-order valence-electron chi connectivity index (χ3n) is 7.36. The van der Waals surface area contributed by atoms with Crippen LogP contribution in [0.15, 0.2) is 60.0 Å². The molecular formula is C28H29N7S. The highest BCUT2D eigenvalue weighted by Gasteiger charge is 2.44. The Balaban J connectivity index is 1.19. The van der Waals surface area contributed by atoms with Gasteiger partial charge < -0.3 is 4.90 Å². The Kier molecular flexibility index (Phi) is 6.12. The maximum atomic E-state index is 9.61. The Hall–Kier alpha value is -3.41. The lowest BCUT2D eigenvalue weighted by atomic mass is 9.87. The van der Waals surface area contributed by atoms with Gasteiger partial charge in [0.25, 0.3) is 0 Å². The van der Waals surface area contributed by atoms with Crippen molar-refractivity contribution in [3.05, 3.63) is 71.9 Å². The van der Waals surface area contributed by atoms with Crippen LogP contribution in [-0.4, -0.2) is 55.4 Å². The number of fused-ring (bicyclic) bond motifs is 3. The molecule has 2 unspecified atom stereocenters.